The van der Waals surface area contributed by atoms with Crippen molar-refractivity contribution in [3.63, 3.8) is 0 Å². The van der Waals surface area contributed by atoms with E-state index in [2.05, 4.69) is 35.1 Å². The molecule has 1 fully saturated rings. The van der Waals surface area contributed by atoms with Crippen molar-refractivity contribution in [2.45, 2.75) is 16.2 Å². The summed E-state index contributed by atoms with van der Waals surface area (Å²) in [5, 5.41) is 29.0. The van der Waals surface area contributed by atoms with Crippen LogP contribution in [0, 0.1) is 0 Å². The Kier molecular flexibility index (Phi) is 7.99. The molecule has 1 saturated heterocycles. The molecule has 1 aromatic carbocycles. The lowest BCUT2D eigenvalue weighted by atomic mass is 10.1. The Labute approximate surface area is 179 Å². The summed E-state index contributed by atoms with van der Waals surface area (Å²) in [6.07, 6.45) is 0.741. The molecule has 1 aromatic heterocycles. The molecule has 2 aromatic rings. The number of anilines is 1. The van der Waals surface area contributed by atoms with Crippen molar-refractivity contribution in [1.29, 1.82) is 0 Å². The first-order valence-electron chi connectivity index (χ1n) is 9.57. The Hall–Kier alpha value is -1.81. The molecule has 30 heavy (non-hydrogen) atoms. The number of nitrogens with zero attached hydrogens (tertiary/aromatic N) is 5. The number of aliphatic hydroxyl groups is 1. The van der Waals surface area contributed by atoms with Crippen molar-refractivity contribution >= 4 is 27.7 Å². The minimum atomic E-state index is -3.81. The van der Waals surface area contributed by atoms with E-state index in [4.69, 9.17) is 16.0 Å². The molecule has 14 heteroatoms. The van der Waals surface area contributed by atoms with E-state index >= 15 is 0 Å². The van der Waals surface area contributed by atoms with Gasteiger partial charge in [0.05, 0.1) is 15.4 Å². The molecular formula is C16H27N9O3S2. The van der Waals surface area contributed by atoms with Gasteiger partial charge in [0.2, 0.25) is 10.0 Å². The summed E-state index contributed by atoms with van der Waals surface area (Å²) >= 11 is 0.840. The second-order valence-corrected chi connectivity index (χ2v) is 9.13. The lowest BCUT2D eigenvalue weighted by Gasteiger charge is -2.37. The number of aliphatic hydroxyl groups excluding tert-OH is 1. The zero-order valence-electron chi connectivity index (χ0n) is 16.5. The molecule has 12 nitrogen and oxygen atoms in total. The van der Waals surface area contributed by atoms with Crippen LogP contribution in [-0.4, -0.2) is 91.5 Å². The highest BCUT2D eigenvalue weighted by atomic mass is 32.2. The van der Waals surface area contributed by atoms with E-state index in [9.17, 15) is 8.42 Å². The fraction of sp³-hybridized carbons (Fsp3) is 0.562. The molecule has 2 heterocycles. The summed E-state index contributed by atoms with van der Waals surface area (Å²) < 4.78 is 28.0. The topological polar surface area (TPSA) is 179 Å². The number of H-pyrrole nitrogens is 1. The quantitative estimate of drug-likeness (QED) is 0.264. The minimum Gasteiger partial charge on any atom is -0.396 e. The number of sulfonamides is 1. The van der Waals surface area contributed by atoms with Gasteiger partial charge >= 0.3 is 0 Å². The second kappa shape index (κ2) is 10.5. The van der Waals surface area contributed by atoms with Crippen LogP contribution in [0.2, 0.25) is 0 Å². The van der Waals surface area contributed by atoms with Crippen molar-refractivity contribution in [1.82, 2.24) is 30.2 Å². The number of aromatic amines is 1. The smallest absolute Gasteiger partial charge is 0.241 e. The third kappa shape index (κ3) is 5.08. The van der Waals surface area contributed by atoms with Crippen molar-refractivity contribution in [3.05, 3.63) is 12.1 Å². The molecule has 7 N–H and O–H groups in total. The van der Waals surface area contributed by atoms with E-state index in [0.717, 1.165) is 56.8 Å². The van der Waals surface area contributed by atoms with Crippen LogP contribution in [0.1, 0.15) is 6.42 Å². The van der Waals surface area contributed by atoms with E-state index in [1.54, 1.807) is 12.1 Å². The average molecular weight is 458 g/mol. The largest absolute Gasteiger partial charge is 0.396 e. The van der Waals surface area contributed by atoms with E-state index in [0.29, 0.717) is 16.3 Å². The van der Waals surface area contributed by atoms with Gasteiger partial charge in [-0.15, -0.1) is 5.10 Å². The summed E-state index contributed by atoms with van der Waals surface area (Å²) in [7, 11) is -3.81. The van der Waals surface area contributed by atoms with Gasteiger partial charge in [0.1, 0.15) is 0 Å². The van der Waals surface area contributed by atoms with Crippen molar-refractivity contribution in [3.8, 4) is 11.4 Å². The maximum atomic E-state index is 12.8. The third-order valence-electron chi connectivity index (χ3n) is 4.87. The van der Waals surface area contributed by atoms with Gasteiger partial charge in [-0.3, -0.25) is 10.0 Å². The molecule has 0 aliphatic carbocycles. The number of tetrazole rings is 1. The molecule has 1 aliphatic rings. The number of benzene rings is 1. The first kappa shape index (κ1) is 22.9. The molecule has 3 rings (SSSR count). The molecule has 0 bridgehead atoms. The van der Waals surface area contributed by atoms with Crippen LogP contribution in [0.3, 0.4) is 0 Å². The standard InChI is InChI=1S/C16H27N9O3S2/c17-4-5-19-30(27,28)13-3-2-12(14(15(13)29-18)16-20-22-23-21-16)25-9-7-24(8-10-25)6-1-11-26/h2-3,19,26H,1,4-11,17-18H2,(H,20,21,22,23). The van der Waals surface area contributed by atoms with Gasteiger partial charge in [-0.1, -0.05) is 0 Å². The van der Waals surface area contributed by atoms with Crippen LogP contribution < -0.4 is 20.5 Å². The zero-order valence-corrected chi connectivity index (χ0v) is 18.1. The van der Waals surface area contributed by atoms with Gasteiger partial charge in [0.15, 0.2) is 5.82 Å². The van der Waals surface area contributed by atoms with Crippen LogP contribution in [0.15, 0.2) is 21.9 Å². The fourth-order valence-electron chi connectivity index (χ4n) is 3.42. The summed E-state index contributed by atoms with van der Waals surface area (Å²) in [6, 6.07) is 3.31. The lowest BCUT2D eigenvalue weighted by molar-refractivity contribution is 0.216. The Morgan fingerprint density at radius 1 is 1.27 bits per heavy atom. The summed E-state index contributed by atoms with van der Waals surface area (Å²) in [6.45, 7) is 4.47. The number of nitrogens with one attached hydrogen (secondary N) is 2. The van der Waals surface area contributed by atoms with Crippen LogP contribution in [0.4, 0.5) is 5.69 Å². The Morgan fingerprint density at radius 2 is 2.03 bits per heavy atom. The highest BCUT2D eigenvalue weighted by molar-refractivity contribution is 7.98. The molecule has 166 valence electrons. The van der Waals surface area contributed by atoms with Crippen molar-refractivity contribution in [2.24, 2.45) is 10.9 Å². The van der Waals surface area contributed by atoms with Gasteiger partial charge in [-0.2, -0.15) is 0 Å². The number of piperazine rings is 1. The summed E-state index contributed by atoms with van der Waals surface area (Å²) in [5.74, 6) is 0.344. The average Bonchev–Trinajstić information content (AvgIpc) is 3.30. The van der Waals surface area contributed by atoms with E-state index in [-0.39, 0.29) is 24.6 Å². The van der Waals surface area contributed by atoms with E-state index in [1.165, 1.54) is 0 Å². The van der Waals surface area contributed by atoms with Gasteiger partial charge in [-0.05, 0) is 40.9 Å². The highest BCUT2D eigenvalue weighted by Crippen LogP contribution is 2.40. The maximum absolute atomic E-state index is 12.8. The Morgan fingerprint density at radius 3 is 2.63 bits per heavy atom. The zero-order chi connectivity index (χ0) is 21.6. The van der Waals surface area contributed by atoms with E-state index < -0.39 is 10.0 Å². The summed E-state index contributed by atoms with van der Waals surface area (Å²) in [5.41, 5.74) is 6.80. The predicted octanol–water partition coefficient (Wildman–Crippen LogP) is -1.43. The number of rotatable bonds is 10. The molecule has 0 unspecified atom stereocenters. The fourth-order valence-corrected chi connectivity index (χ4v) is 5.53. The normalized spacial score (nSPS) is 15.6. The maximum Gasteiger partial charge on any atom is 0.241 e. The van der Waals surface area contributed by atoms with Crippen LogP contribution >= 0.6 is 11.9 Å². The number of nitrogens with two attached hydrogens (primary N) is 2. The number of aromatic nitrogens is 4. The number of hydrogen-bond donors (Lipinski definition) is 5. The first-order chi connectivity index (χ1) is 14.5. The van der Waals surface area contributed by atoms with Gasteiger partial charge in [0, 0.05) is 58.1 Å². The minimum absolute atomic E-state index is 0.0557. The van der Waals surface area contributed by atoms with E-state index in [1.807, 2.05) is 0 Å². The van der Waals surface area contributed by atoms with Gasteiger partial charge in [0.25, 0.3) is 0 Å². The predicted molar refractivity (Wildman–Crippen MR) is 114 cm³/mol. The van der Waals surface area contributed by atoms with Crippen LogP contribution in [0.5, 0.6) is 0 Å². The van der Waals surface area contributed by atoms with Gasteiger partial charge < -0.3 is 15.7 Å². The van der Waals surface area contributed by atoms with Gasteiger partial charge in [-0.25, -0.2) is 18.2 Å². The molecule has 0 spiro atoms. The Balaban J connectivity index is 1.99. The van der Waals surface area contributed by atoms with Crippen molar-refractivity contribution < 1.29 is 13.5 Å². The molecular weight excluding hydrogens is 430 g/mol. The molecule has 1 aliphatic heterocycles. The Bertz CT molecular complexity index is 916. The molecule has 0 radical (unpaired) electrons. The first-order valence-corrected chi connectivity index (χ1v) is 11.9. The lowest BCUT2D eigenvalue weighted by Crippen LogP contribution is -2.47. The SMILES string of the molecule is NCCNS(=O)(=O)c1ccc(N2CCN(CCCO)CC2)c(-c2nnn[nH]2)c1SN. The molecule has 0 atom stereocenters. The van der Waals surface area contributed by atoms with Crippen LogP contribution in [0.25, 0.3) is 11.4 Å². The third-order valence-corrected chi connectivity index (χ3v) is 7.16. The highest BCUT2D eigenvalue weighted by Gasteiger charge is 2.28. The molecule has 0 saturated carbocycles. The second-order valence-electron chi connectivity index (χ2n) is 6.75. The number of hydrogen-bond acceptors (Lipinski definition) is 11. The van der Waals surface area contributed by atoms with Crippen LogP contribution in [-0.2, 0) is 10.0 Å². The monoisotopic (exact) mass is 457 g/mol. The van der Waals surface area contributed by atoms with Crippen molar-refractivity contribution in [2.75, 3.05) is 57.3 Å². The summed E-state index contributed by atoms with van der Waals surface area (Å²) in [4.78, 5) is 4.87. The molecule has 0 amide bonds.